The Morgan fingerprint density at radius 2 is 1.29 bits per heavy atom. The average molecular weight is 700 g/mol. The third-order valence-corrected chi connectivity index (χ3v) is 7.89. The van der Waals surface area contributed by atoms with Crippen LogP contribution in [0.3, 0.4) is 0 Å². The first kappa shape index (κ1) is 40.3. The summed E-state index contributed by atoms with van der Waals surface area (Å²) < 4.78 is 40.3. The van der Waals surface area contributed by atoms with E-state index in [4.69, 9.17) is 48.0 Å². The van der Waals surface area contributed by atoms with Crippen LogP contribution >= 0.6 is 11.3 Å². The number of azo groups is 1. The molecule has 0 unspecified atom stereocenters. The zero-order valence-corrected chi connectivity index (χ0v) is 29.3. The van der Waals surface area contributed by atoms with Crippen molar-refractivity contribution in [3.63, 3.8) is 0 Å². The molecule has 0 aliphatic carbocycles. The largest absolute Gasteiger partial charge is 0.408 e. The summed E-state index contributed by atoms with van der Waals surface area (Å²) >= 11 is 1.57. The summed E-state index contributed by atoms with van der Waals surface area (Å²) in [7, 11) is 1.97. The van der Waals surface area contributed by atoms with Crippen molar-refractivity contribution >= 4 is 27.8 Å². The maximum absolute atomic E-state index is 8.60. The predicted octanol–water partition coefficient (Wildman–Crippen LogP) is 3.58. The Hall–Kier alpha value is -2.15. The molecule has 0 atom stereocenters. The van der Waals surface area contributed by atoms with Crippen LogP contribution in [-0.4, -0.2) is 131 Å². The van der Waals surface area contributed by atoms with Gasteiger partial charge in [-0.15, -0.1) is 0 Å². The number of aryl methyl sites for hydroxylation is 2. The highest BCUT2D eigenvalue weighted by molar-refractivity contribution is 7.12. The van der Waals surface area contributed by atoms with Crippen LogP contribution in [0.25, 0.3) is 0 Å². The SMILES string of the molecule is C[n+]1ccsc1/N=N/c1ccc2c(c1)CCCN2CCOCCOCCOCCOCCOOCCCCOCCOCCOCCO. The first-order chi connectivity index (χ1) is 23.8. The van der Waals surface area contributed by atoms with Crippen LogP contribution in [0, 0.1) is 0 Å². The molecule has 0 bridgehead atoms. The number of benzene rings is 1. The number of aromatic nitrogens is 1. The van der Waals surface area contributed by atoms with Gasteiger partial charge in [0.2, 0.25) is 0 Å². The van der Waals surface area contributed by atoms with Crippen molar-refractivity contribution in [2.24, 2.45) is 17.3 Å². The number of rotatable bonds is 31. The lowest BCUT2D eigenvalue weighted by Crippen LogP contribution is -2.32. The topological polar surface area (TPSA) is 135 Å². The van der Waals surface area contributed by atoms with E-state index in [0.717, 1.165) is 49.6 Å². The van der Waals surface area contributed by atoms with Gasteiger partial charge in [-0.3, -0.25) is 0 Å². The molecule has 0 spiro atoms. The van der Waals surface area contributed by atoms with Gasteiger partial charge in [-0.25, -0.2) is 14.3 Å². The van der Waals surface area contributed by atoms with Crippen LogP contribution in [0.5, 0.6) is 0 Å². The van der Waals surface area contributed by atoms with Crippen molar-refractivity contribution in [2.75, 3.05) is 130 Å². The van der Waals surface area contributed by atoms with E-state index >= 15 is 0 Å². The van der Waals surface area contributed by atoms with Crippen molar-refractivity contribution in [3.8, 4) is 0 Å². The lowest BCUT2D eigenvalue weighted by atomic mass is 10.0. The normalized spacial score (nSPS) is 13.2. The van der Waals surface area contributed by atoms with Crippen LogP contribution in [0.1, 0.15) is 24.8 Å². The van der Waals surface area contributed by atoms with Gasteiger partial charge in [-0.1, -0.05) is 0 Å². The number of unbranched alkanes of at least 4 members (excludes halogenated alkanes) is 1. The molecule has 3 rings (SSSR count). The van der Waals surface area contributed by atoms with Crippen molar-refractivity contribution in [1.82, 2.24) is 0 Å². The van der Waals surface area contributed by atoms with Crippen molar-refractivity contribution in [2.45, 2.75) is 25.7 Å². The Balaban J connectivity index is 1.03. The van der Waals surface area contributed by atoms with Crippen molar-refractivity contribution in [1.29, 1.82) is 0 Å². The molecule has 48 heavy (non-hydrogen) atoms. The van der Waals surface area contributed by atoms with Gasteiger partial charge in [0.25, 0.3) is 0 Å². The van der Waals surface area contributed by atoms with Crippen LogP contribution in [-0.2, 0) is 56.4 Å². The third kappa shape index (κ3) is 18.6. The molecule has 1 aliphatic heterocycles. The number of hydrogen-bond acceptors (Lipinski definition) is 14. The maximum Gasteiger partial charge on any atom is 0.408 e. The smallest absolute Gasteiger partial charge is 0.394 e. The molecule has 0 amide bonds. The van der Waals surface area contributed by atoms with Gasteiger partial charge in [0.05, 0.1) is 111 Å². The average Bonchev–Trinajstić information content (AvgIpc) is 3.52. The maximum atomic E-state index is 8.60. The zero-order chi connectivity index (χ0) is 33.7. The second-order valence-electron chi connectivity index (χ2n) is 10.8. The highest BCUT2D eigenvalue weighted by Crippen LogP contribution is 2.31. The molecule has 0 fully saturated rings. The number of fused-ring (bicyclic) bond motifs is 1. The molecule has 14 nitrogen and oxygen atoms in total. The fourth-order valence-corrected chi connectivity index (χ4v) is 5.28. The Bertz CT molecular complexity index is 1100. The Morgan fingerprint density at radius 1 is 0.708 bits per heavy atom. The van der Waals surface area contributed by atoms with Gasteiger partial charge >= 0.3 is 5.13 Å². The molecular weight excluding hydrogens is 644 g/mol. The molecule has 1 aromatic heterocycles. The summed E-state index contributed by atoms with van der Waals surface area (Å²) in [5.74, 6) is 0. The molecule has 1 aromatic carbocycles. The number of nitrogens with zero attached hydrogens (tertiary/aromatic N) is 4. The predicted molar refractivity (Wildman–Crippen MR) is 181 cm³/mol. The van der Waals surface area contributed by atoms with E-state index in [9.17, 15) is 0 Å². The van der Waals surface area contributed by atoms with E-state index in [1.54, 1.807) is 11.3 Å². The Kier molecular flexibility index (Phi) is 23.2. The Morgan fingerprint density at radius 3 is 1.94 bits per heavy atom. The summed E-state index contributed by atoms with van der Waals surface area (Å²) in [6.45, 7) is 10.0. The molecule has 2 heterocycles. The minimum atomic E-state index is 0.0300. The standard InChI is InChI=1S/C33H55N4O10S/c1-36-10-28-48-33(36)35-34-31-6-7-32-30(29-31)5-4-8-37(32)9-14-40-17-20-43-22-23-44-24-25-45-26-27-47-46-13-3-2-12-39-16-19-42-21-18-41-15-11-38/h6-7,10,28-29,38H,2-5,8-9,11-27H2,1H3/q+1. The van der Waals surface area contributed by atoms with Gasteiger partial charge in [0, 0.05) is 30.8 Å². The van der Waals surface area contributed by atoms with E-state index in [1.807, 2.05) is 29.3 Å². The third-order valence-electron chi connectivity index (χ3n) is 7.05. The van der Waals surface area contributed by atoms with E-state index < -0.39 is 0 Å². The fourth-order valence-electron chi connectivity index (χ4n) is 4.60. The fraction of sp³-hybridized carbons (Fsp3) is 0.727. The van der Waals surface area contributed by atoms with Crippen molar-refractivity contribution < 1.29 is 52.6 Å². The number of ether oxygens (including phenoxy) is 7. The summed E-state index contributed by atoms with van der Waals surface area (Å²) in [5.41, 5.74) is 3.45. The summed E-state index contributed by atoms with van der Waals surface area (Å²) in [6, 6.07) is 6.33. The van der Waals surface area contributed by atoms with Crippen molar-refractivity contribution in [3.05, 3.63) is 35.3 Å². The van der Waals surface area contributed by atoms with Crippen LogP contribution < -0.4 is 9.47 Å². The van der Waals surface area contributed by atoms with E-state index in [1.165, 1.54) is 11.3 Å². The van der Waals surface area contributed by atoms with Gasteiger partial charge in [0.1, 0.15) is 18.5 Å². The highest BCUT2D eigenvalue weighted by atomic mass is 32.1. The molecule has 1 aliphatic rings. The van der Waals surface area contributed by atoms with Gasteiger partial charge in [-0.2, -0.15) is 0 Å². The molecule has 1 N–H and O–H groups in total. The van der Waals surface area contributed by atoms with Crippen LogP contribution in [0.4, 0.5) is 16.5 Å². The number of hydrogen-bond donors (Lipinski definition) is 1. The van der Waals surface area contributed by atoms with E-state index in [0.29, 0.717) is 106 Å². The van der Waals surface area contributed by atoms with Gasteiger partial charge < -0.3 is 43.2 Å². The number of thiazole rings is 1. The zero-order valence-electron chi connectivity index (χ0n) is 28.5. The lowest BCUT2D eigenvalue weighted by molar-refractivity contribution is -0.654. The molecule has 0 saturated carbocycles. The summed E-state index contributed by atoms with van der Waals surface area (Å²) in [6.07, 6.45) is 5.88. The van der Waals surface area contributed by atoms with Crippen LogP contribution in [0.2, 0.25) is 0 Å². The minimum Gasteiger partial charge on any atom is -0.394 e. The quantitative estimate of drug-likeness (QED) is 0.0407. The highest BCUT2D eigenvalue weighted by Gasteiger charge is 2.17. The minimum absolute atomic E-state index is 0.0300. The molecule has 15 heteroatoms. The van der Waals surface area contributed by atoms with E-state index in [-0.39, 0.29) is 6.61 Å². The van der Waals surface area contributed by atoms with Gasteiger partial charge in [0.15, 0.2) is 0 Å². The molecule has 0 saturated heterocycles. The first-order valence-corrected chi connectivity index (χ1v) is 17.8. The second kappa shape index (κ2) is 27.6. The molecule has 2 aromatic rings. The summed E-state index contributed by atoms with van der Waals surface area (Å²) in [5, 5.41) is 20.3. The molecule has 272 valence electrons. The molecule has 0 radical (unpaired) electrons. The monoisotopic (exact) mass is 699 g/mol. The second-order valence-corrected chi connectivity index (χ2v) is 11.6. The lowest BCUT2D eigenvalue weighted by Gasteiger charge is -2.31. The van der Waals surface area contributed by atoms with Crippen LogP contribution in [0.15, 0.2) is 40.0 Å². The van der Waals surface area contributed by atoms with Gasteiger partial charge in [-0.05, 0) is 65.9 Å². The number of aliphatic hydroxyl groups is 1. The number of aliphatic hydroxyl groups excluding tert-OH is 1. The Labute approximate surface area is 288 Å². The summed E-state index contributed by atoms with van der Waals surface area (Å²) in [4.78, 5) is 12.6. The molecular formula is C33H55N4O10S+. The number of anilines is 1. The first-order valence-electron chi connectivity index (χ1n) is 16.9. The van der Waals surface area contributed by atoms with E-state index in [2.05, 4.69) is 27.3 Å².